The maximum absolute atomic E-state index is 5.83. The van der Waals surface area contributed by atoms with Crippen molar-refractivity contribution in [3.63, 3.8) is 0 Å². The molecule has 0 radical (unpaired) electrons. The van der Waals surface area contributed by atoms with Gasteiger partial charge in [-0.15, -0.1) is 0 Å². The quantitative estimate of drug-likeness (QED) is 0.797. The zero-order valence-electron chi connectivity index (χ0n) is 10.6. The zero-order chi connectivity index (χ0) is 11.4. The number of hydrogen-bond donors (Lipinski definition) is 1. The van der Waals surface area contributed by atoms with Crippen LogP contribution in [-0.2, 0) is 9.47 Å². The Labute approximate surface area is 98.9 Å². The van der Waals surface area contributed by atoms with E-state index in [1.165, 1.54) is 25.7 Å². The molecule has 94 valence electrons. The molecule has 0 aromatic rings. The van der Waals surface area contributed by atoms with Gasteiger partial charge in [0, 0.05) is 6.04 Å². The number of nitrogens with one attached hydrogen (secondary N) is 1. The summed E-state index contributed by atoms with van der Waals surface area (Å²) in [5, 5.41) is 3.46. The predicted molar refractivity (Wildman–Crippen MR) is 64.5 cm³/mol. The highest BCUT2D eigenvalue weighted by molar-refractivity contribution is 4.87. The SMILES string of the molecule is CNC(C1CCCC(C)C1)C1COCCO1. The summed E-state index contributed by atoms with van der Waals surface area (Å²) in [6.07, 6.45) is 5.71. The zero-order valence-corrected chi connectivity index (χ0v) is 10.6. The molecule has 0 amide bonds. The van der Waals surface area contributed by atoms with E-state index in [-0.39, 0.29) is 6.10 Å². The Hall–Kier alpha value is -0.120. The molecule has 2 rings (SSSR count). The average Bonchev–Trinajstić information content (AvgIpc) is 2.31. The fourth-order valence-electron chi connectivity index (χ4n) is 3.25. The monoisotopic (exact) mass is 227 g/mol. The van der Waals surface area contributed by atoms with Crippen LogP contribution >= 0.6 is 0 Å². The van der Waals surface area contributed by atoms with Crippen LogP contribution in [0.3, 0.4) is 0 Å². The molecule has 0 aromatic heterocycles. The second kappa shape index (κ2) is 5.99. The third-order valence-corrected chi connectivity index (χ3v) is 4.06. The van der Waals surface area contributed by atoms with E-state index in [9.17, 15) is 0 Å². The first-order chi connectivity index (χ1) is 7.81. The van der Waals surface area contributed by atoms with E-state index in [1.807, 2.05) is 0 Å². The van der Waals surface area contributed by atoms with Gasteiger partial charge < -0.3 is 14.8 Å². The predicted octanol–water partition coefficient (Wildman–Crippen LogP) is 1.82. The fourth-order valence-corrected chi connectivity index (χ4v) is 3.25. The summed E-state index contributed by atoms with van der Waals surface area (Å²) in [6, 6.07) is 0.475. The van der Waals surface area contributed by atoms with E-state index >= 15 is 0 Å². The highest BCUT2D eigenvalue weighted by Crippen LogP contribution is 2.32. The van der Waals surface area contributed by atoms with E-state index in [0.717, 1.165) is 31.7 Å². The fraction of sp³-hybridized carbons (Fsp3) is 1.00. The first-order valence-corrected chi connectivity index (χ1v) is 6.68. The lowest BCUT2D eigenvalue weighted by molar-refractivity contribution is -0.110. The minimum absolute atomic E-state index is 0.258. The van der Waals surface area contributed by atoms with Crippen LogP contribution in [0.25, 0.3) is 0 Å². The van der Waals surface area contributed by atoms with Crippen molar-refractivity contribution < 1.29 is 9.47 Å². The van der Waals surface area contributed by atoms with Crippen molar-refractivity contribution in [2.24, 2.45) is 11.8 Å². The Balaban J connectivity index is 1.91. The Morgan fingerprint density at radius 1 is 1.25 bits per heavy atom. The van der Waals surface area contributed by atoms with Crippen molar-refractivity contribution in [2.75, 3.05) is 26.9 Å². The molecule has 16 heavy (non-hydrogen) atoms. The molecule has 4 unspecified atom stereocenters. The summed E-state index contributed by atoms with van der Waals surface area (Å²) in [4.78, 5) is 0. The maximum Gasteiger partial charge on any atom is 0.0964 e. The number of rotatable bonds is 3. The minimum Gasteiger partial charge on any atom is -0.376 e. The largest absolute Gasteiger partial charge is 0.376 e. The van der Waals surface area contributed by atoms with Gasteiger partial charge in [0.25, 0.3) is 0 Å². The molecule has 1 heterocycles. The molecule has 2 aliphatic rings. The Kier molecular flexibility index (Phi) is 4.62. The third kappa shape index (κ3) is 2.96. The molecular weight excluding hydrogens is 202 g/mol. The summed E-state index contributed by atoms with van der Waals surface area (Å²) in [6.45, 7) is 4.65. The summed E-state index contributed by atoms with van der Waals surface area (Å²) < 4.78 is 11.3. The van der Waals surface area contributed by atoms with Crippen LogP contribution in [0.4, 0.5) is 0 Å². The molecule has 3 nitrogen and oxygen atoms in total. The van der Waals surface area contributed by atoms with E-state index in [1.54, 1.807) is 0 Å². The second-order valence-corrected chi connectivity index (χ2v) is 5.33. The lowest BCUT2D eigenvalue weighted by atomic mass is 9.77. The molecule has 2 fully saturated rings. The first kappa shape index (κ1) is 12.3. The van der Waals surface area contributed by atoms with Crippen LogP contribution in [-0.4, -0.2) is 39.0 Å². The van der Waals surface area contributed by atoms with Gasteiger partial charge in [0.15, 0.2) is 0 Å². The van der Waals surface area contributed by atoms with Crippen LogP contribution in [0.5, 0.6) is 0 Å². The van der Waals surface area contributed by atoms with Crippen LogP contribution in [0.2, 0.25) is 0 Å². The van der Waals surface area contributed by atoms with Crippen LogP contribution in [0.15, 0.2) is 0 Å². The number of hydrogen-bond acceptors (Lipinski definition) is 3. The van der Waals surface area contributed by atoms with E-state index in [0.29, 0.717) is 6.04 Å². The van der Waals surface area contributed by atoms with Crippen molar-refractivity contribution >= 4 is 0 Å². The minimum atomic E-state index is 0.258. The van der Waals surface area contributed by atoms with Gasteiger partial charge in [-0.25, -0.2) is 0 Å². The van der Waals surface area contributed by atoms with E-state index < -0.39 is 0 Å². The van der Waals surface area contributed by atoms with Gasteiger partial charge in [-0.05, 0) is 31.7 Å². The molecule has 4 atom stereocenters. The standard InChI is InChI=1S/C13H25NO2/c1-10-4-3-5-11(8-10)13(14-2)12-9-15-6-7-16-12/h10-14H,3-9H2,1-2H3. The van der Waals surface area contributed by atoms with Crippen molar-refractivity contribution in [1.29, 1.82) is 0 Å². The molecule has 0 bridgehead atoms. The summed E-state index contributed by atoms with van der Waals surface area (Å²) in [5.74, 6) is 1.64. The molecule has 1 N–H and O–H groups in total. The third-order valence-electron chi connectivity index (χ3n) is 4.06. The van der Waals surface area contributed by atoms with Crippen molar-refractivity contribution in [3.8, 4) is 0 Å². The summed E-state index contributed by atoms with van der Waals surface area (Å²) in [7, 11) is 2.06. The van der Waals surface area contributed by atoms with Crippen molar-refractivity contribution in [2.45, 2.75) is 44.8 Å². The van der Waals surface area contributed by atoms with E-state index in [2.05, 4.69) is 19.3 Å². The molecule has 3 heteroatoms. The van der Waals surface area contributed by atoms with Crippen LogP contribution < -0.4 is 5.32 Å². The Morgan fingerprint density at radius 3 is 2.75 bits per heavy atom. The smallest absolute Gasteiger partial charge is 0.0964 e. The average molecular weight is 227 g/mol. The summed E-state index contributed by atoms with van der Waals surface area (Å²) in [5.41, 5.74) is 0. The summed E-state index contributed by atoms with van der Waals surface area (Å²) >= 11 is 0. The normalized spacial score (nSPS) is 38.2. The first-order valence-electron chi connectivity index (χ1n) is 6.68. The molecular formula is C13H25NO2. The molecule has 0 aromatic carbocycles. The van der Waals surface area contributed by atoms with Gasteiger partial charge in [0.1, 0.15) is 0 Å². The van der Waals surface area contributed by atoms with Gasteiger partial charge in [-0.1, -0.05) is 19.8 Å². The van der Waals surface area contributed by atoms with E-state index in [4.69, 9.17) is 9.47 Å². The van der Waals surface area contributed by atoms with Gasteiger partial charge in [0.05, 0.1) is 25.9 Å². The van der Waals surface area contributed by atoms with Crippen LogP contribution in [0, 0.1) is 11.8 Å². The molecule has 1 saturated heterocycles. The lowest BCUT2D eigenvalue weighted by Crippen LogP contribution is -2.50. The molecule has 0 spiro atoms. The van der Waals surface area contributed by atoms with Gasteiger partial charge in [-0.2, -0.15) is 0 Å². The number of likely N-dealkylation sites (N-methyl/N-ethyl adjacent to an activating group) is 1. The molecule has 1 saturated carbocycles. The van der Waals surface area contributed by atoms with Gasteiger partial charge in [-0.3, -0.25) is 0 Å². The Bertz CT molecular complexity index is 204. The highest BCUT2D eigenvalue weighted by Gasteiger charge is 2.33. The van der Waals surface area contributed by atoms with Crippen LogP contribution in [0.1, 0.15) is 32.6 Å². The molecule has 1 aliphatic heterocycles. The van der Waals surface area contributed by atoms with Crippen molar-refractivity contribution in [1.82, 2.24) is 5.32 Å². The second-order valence-electron chi connectivity index (χ2n) is 5.33. The maximum atomic E-state index is 5.83. The Morgan fingerprint density at radius 2 is 2.12 bits per heavy atom. The lowest BCUT2D eigenvalue weighted by Gasteiger charge is -2.38. The topological polar surface area (TPSA) is 30.5 Å². The molecule has 1 aliphatic carbocycles. The van der Waals surface area contributed by atoms with Gasteiger partial charge >= 0.3 is 0 Å². The van der Waals surface area contributed by atoms with Gasteiger partial charge in [0.2, 0.25) is 0 Å². The van der Waals surface area contributed by atoms with Crippen molar-refractivity contribution in [3.05, 3.63) is 0 Å². The highest BCUT2D eigenvalue weighted by atomic mass is 16.6. The number of ether oxygens (including phenoxy) is 2.